The SMILES string of the molecule is FC(F)(F)CCCCn1c(C2CC2)nc2c1CCNC2. The Bertz CT molecular complexity index is 475. The van der Waals surface area contributed by atoms with Gasteiger partial charge in [0.05, 0.1) is 5.69 Å². The van der Waals surface area contributed by atoms with E-state index in [4.69, 9.17) is 4.98 Å². The molecule has 0 unspecified atom stereocenters. The Morgan fingerprint density at radius 2 is 2.05 bits per heavy atom. The largest absolute Gasteiger partial charge is 0.389 e. The Kier molecular flexibility index (Phi) is 3.75. The average Bonchev–Trinajstić information content (AvgIpc) is 3.16. The second-order valence-electron chi connectivity index (χ2n) is 5.79. The van der Waals surface area contributed by atoms with Crippen LogP contribution in [0.3, 0.4) is 0 Å². The minimum absolute atomic E-state index is 0.207. The maximum Gasteiger partial charge on any atom is 0.389 e. The van der Waals surface area contributed by atoms with E-state index < -0.39 is 12.6 Å². The van der Waals surface area contributed by atoms with Crippen molar-refractivity contribution in [3.63, 3.8) is 0 Å². The summed E-state index contributed by atoms with van der Waals surface area (Å²) in [5.74, 6) is 1.66. The predicted molar refractivity (Wildman–Crippen MR) is 69.5 cm³/mol. The molecule has 0 spiro atoms. The Labute approximate surface area is 116 Å². The summed E-state index contributed by atoms with van der Waals surface area (Å²) < 4.78 is 38.8. The van der Waals surface area contributed by atoms with Crippen molar-refractivity contribution in [3.05, 3.63) is 17.2 Å². The number of nitrogens with one attached hydrogen (secondary N) is 1. The number of alkyl halides is 3. The van der Waals surface area contributed by atoms with Gasteiger partial charge in [0.1, 0.15) is 5.82 Å². The quantitative estimate of drug-likeness (QED) is 0.843. The molecule has 2 aliphatic rings. The van der Waals surface area contributed by atoms with Crippen molar-refractivity contribution in [3.8, 4) is 0 Å². The standard InChI is InChI=1S/C14H20F3N3/c15-14(16,17)6-1-2-8-20-12-5-7-18-9-11(12)19-13(20)10-3-4-10/h10,18H,1-9H2. The van der Waals surface area contributed by atoms with Gasteiger partial charge in [0.15, 0.2) is 0 Å². The topological polar surface area (TPSA) is 29.9 Å². The van der Waals surface area contributed by atoms with Gasteiger partial charge >= 0.3 is 6.18 Å². The summed E-state index contributed by atoms with van der Waals surface area (Å²) in [7, 11) is 0. The van der Waals surface area contributed by atoms with Crippen LogP contribution in [0, 0.1) is 0 Å². The molecule has 6 heteroatoms. The van der Waals surface area contributed by atoms with Crippen LogP contribution in [0.15, 0.2) is 0 Å². The highest BCUT2D eigenvalue weighted by Gasteiger charge is 2.32. The molecule has 1 aliphatic carbocycles. The van der Waals surface area contributed by atoms with E-state index in [-0.39, 0.29) is 6.42 Å². The van der Waals surface area contributed by atoms with Crippen LogP contribution in [-0.2, 0) is 19.5 Å². The van der Waals surface area contributed by atoms with Crippen molar-refractivity contribution in [2.45, 2.75) is 63.7 Å². The number of hydrogen-bond acceptors (Lipinski definition) is 2. The predicted octanol–water partition coefficient (Wildman–Crippen LogP) is 3.14. The highest BCUT2D eigenvalue weighted by molar-refractivity contribution is 5.24. The van der Waals surface area contributed by atoms with E-state index in [1.54, 1.807) is 0 Å². The molecule has 1 saturated carbocycles. The first-order valence-corrected chi connectivity index (χ1v) is 7.40. The summed E-state index contributed by atoms with van der Waals surface area (Å²) in [5.41, 5.74) is 2.35. The zero-order valence-corrected chi connectivity index (χ0v) is 11.5. The summed E-state index contributed by atoms with van der Waals surface area (Å²) in [6.07, 6.45) is -0.637. The second-order valence-corrected chi connectivity index (χ2v) is 5.79. The molecular weight excluding hydrogens is 267 g/mol. The third kappa shape index (κ3) is 3.16. The normalized spacial score (nSPS) is 19.1. The first-order valence-electron chi connectivity index (χ1n) is 7.40. The molecule has 20 heavy (non-hydrogen) atoms. The van der Waals surface area contributed by atoms with Crippen LogP contribution < -0.4 is 5.32 Å². The number of rotatable bonds is 5. The van der Waals surface area contributed by atoms with E-state index >= 15 is 0 Å². The Morgan fingerprint density at radius 3 is 2.75 bits per heavy atom. The number of fused-ring (bicyclic) bond motifs is 1. The Morgan fingerprint density at radius 1 is 1.25 bits per heavy atom. The first kappa shape index (κ1) is 13.9. The Balaban J connectivity index is 1.66. The fourth-order valence-corrected chi connectivity index (χ4v) is 2.89. The van der Waals surface area contributed by atoms with Gasteiger partial charge in [-0.2, -0.15) is 13.2 Å². The third-order valence-corrected chi connectivity index (χ3v) is 4.05. The van der Waals surface area contributed by atoms with Crippen molar-refractivity contribution in [1.29, 1.82) is 0 Å². The van der Waals surface area contributed by atoms with Gasteiger partial charge in [-0.1, -0.05) is 0 Å². The second kappa shape index (κ2) is 5.39. The summed E-state index contributed by atoms with van der Waals surface area (Å²) in [5, 5.41) is 3.30. The van der Waals surface area contributed by atoms with Crippen LogP contribution in [0.4, 0.5) is 13.2 Å². The number of halogens is 3. The van der Waals surface area contributed by atoms with Gasteiger partial charge in [-0.05, 0) is 25.7 Å². The zero-order valence-electron chi connectivity index (χ0n) is 11.5. The monoisotopic (exact) mass is 287 g/mol. The summed E-state index contributed by atoms with van der Waals surface area (Å²) in [6, 6.07) is 0. The summed E-state index contributed by atoms with van der Waals surface area (Å²) >= 11 is 0. The van der Waals surface area contributed by atoms with Crippen molar-refractivity contribution in [2.75, 3.05) is 6.54 Å². The molecule has 0 amide bonds. The molecule has 0 aromatic carbocycles. The van der Waals surface area contributed by atoms with Crippen molar-refractivity contribution >= 4 is 0 Å². The van der Waals surface area contributed by atoms with Crippen LogP contribution in [-0.4, -0.2) is 22.3 Å². The first-order chi connectivity index (χ1) is 9.54. The molecule has 1 fully saturated rings. The maximum atomic E-state index is 12.2. The third-order valence-electron chi connectivity index (χ3n) is 4.05. The van der Waals surface area contributed by atoms with Gasteiger partial charge in [0, 0.05) is 44.1 Å². The van der Waals surface area contributed by atoms with Crippen LogP contribution in [0.25, 0.3) is 0 Å². The highest BCUT2D eigenvalue weighted by atomic mass is 19.4. The van der Waals surface area contributed by atoms with Gasteiger partial charge < -0.3 is 9.88 Å². The molecule has 3 nitrogen and oxygen atoms in total. The minimum Gasteiger partial charge on any atom is -0.331 e. The molecule has 0 radical (unpaired) electrons. The van der Waals surface area contributed by atoms with E-state index in [0.717, 1.165) is 31.0 Å². The van der Waals surface area contributed by atoms with Gasteiger partial charge in [-0.15, -0.1) is 0 Å². The number of aromatic nitrogens is 2. The molecule has 1 aromatic rings. The molecule has 0 atom stereocenters. The van der Waals surface area contributed by atoms with E-state index in [9.17, 15) is 13.2 Å². The van der Waals surface area contributed by atoms with Crippen molar-refractivity contribution in [2.24, 2.45) is 0 Å². The molecule has 112 valence electrons. The molecule has 1 aromatic heterocycles. The lowest BCUT2D eigenvalue weighted by Gasteiger charge is -2.16. The average molecular weight is 287 g/mol. The highest BCUT2D eigenvalue weighted by Crippen LogP contribution is 2.40. The summed E-state index contributed by atoms with van der Waals surface area (Å²) in [6.45, 7) is 2.42. The smallest absolute Gasteiger partial charge is 0.331 e. The van der Waals surface area contributed by atoms with Crippen LogP contribution in [0.5, 0.6) is 0 Å². The molecule has 3 rings (SSSR count). The Hall–Kier alpha value is -1.04. The zero-order chi connectivity index (χ0) is 14.2. The fourth-order valence-electron chi connectivity index (χ4n) is 2.89. The van der Waals surface area contributed by atoms with Crippen LogP contribution >= 0.6 is 0 Å². The lowest BCUT2D eigenvalue weighted by Crippen LogP contribution is -2.25. The van der Waals surface area contributed by atoms with Crippen molar-refractivity contribution < 1.29 is 13.2 Å². The van der Waals surface area contributed by atoms with E-state index in [1.807, 2.05) is 0 Å². The van der Waals surface area contributed by atoms with Crippen LogP contribution in [0.1, 0.15) is 55.2 Å². The number of imidazole rings is 1. The lowest BCUT2D eigenvalue weighted by atomic mass is 10.1. The van der Waals surface area contributed by atoms with E-state index in [0.29, 0.717) is 18.9 Å². The minimum atomic E-state index is -4.03. The van der Waals surface area contributed by atoms with Gasteiger partial charge in [-0.25, -0.2) is 4.98 Å². The van der Waals surface area contributed by atoms with Crippen molar-refractivity contribution in [1.82, 2.24) is 14.9 Å². The molecule has 0 bridgehead atoms. The molecule has 0 saturated heterocycles. The molecule has 1 N–H and O–H groups in total. The van der Waals surface area contributed by atoms with Gasteiger partial charge in [-0.3, -0.25) is 0 Å². The van der Waals surface area contributed by atoms with E-state index in [1.165, 1.54) is 18.5 Å². The molecule has 1 aliphatic heterocycles. The van der Waals surface area contributed by atoms with Gasteiger partial charge in [0.2, 0.25) is 0 Å². The van der Waals surface area contributed by atoms with E-state index in [2.05, 4.69) is 9.88 Å². The van der Waals surface area contributed by atoms with Gasteiger partial charge in [0.25, 0.3) is 0 Å². The maximum absolute atomic E-state index is 12.2. The number of hydrogen-bond donors (Lipinski definition) is 1. The fraction of sp³-hybridized carbons (Fsp3) is 0.786. The van der Waals surface area contributed by atoms with Crippen LogP contribution in [0.2, 0.25) is 0 Å². The molecular formula is C14H20F3N3. The number of nitrogens with zero attached hydrogens (tertiary/aromatic N) is 2. The molecule has 2 heterocycles. The number of unbranched alkanes of at least 4 members (excludes halogenated alkanes) is 1. The lowest BCUT2D eigenvalue weighted by molar-refractivity contribution is -0.135. The summed E-state index contributed by atoms with van der Waals surface area (Å²) in [4.78, 5) is 4.72.